The lowest BCUT2D eigenvalue weighted by atomic mass is 10.1. The van der Waals surface area contributed by atoms with Gasteiger partial charge >= 0.3 is 0 Å². The Morgan fingerprint density at radius 1 is 1.47 bits per heavy atom. The molecule has 0 spiro atoms. The summed E-state index contributed by atoms with van der Waals surface area (Å²) in [6.45, 7) is 0.574. The predicted molar refractivity (Wildman–Crippen MR) is 72.8 cm³/mol. The molecule has 0 radical (unpaired) electrons. The molecule has 19 heavy (non-hydrogen) atoms. The number of carbonyl (C=O) groups excluding carboxylic acids is 1. The molecule has 1 unspecified atom stereocenters. The van der Waals surface area contributed by atoms with E-state index in [2.05, 4.69) is 4.98 Å². The molecule has 0 aromatic carbocycles. The number of carbonyl (C=O) groups is 1. The minimum atomic E-state index is -3.63. The fourth-order valence-electron chi connectivity index (χ4n) is 2.08. The van der Waals surface area contributed by atoms with E-state index in [1.807, 2.05) is 0 Å². The van der Waals surface area contributed by atoms with E-state index in [1.54, 1.807) is 0 Å². The average Bonchev–Trinajstić information content (AvgIpc) is 2.68. The summed E-state index contributed by atoms with van der Waals surface area (Å²) in [7, 11) is -3.63. The summed E-state index contributed by atoms with van der Waals surface area (Å²) in [5.74, 6) is -0.331. The lowest BCUT2D eigenvalue weighted by molar-refractivity contribution is 0.0721. The second-order valence-corrected chi connectivity index (χ2v) is 7.08. The summed E-state index contributed by atoms with van der Waals surface area (Å²) in [6.07, 6.45) is 1.06. The van der Waals surface area contributed by atoms with Crippen molar-refractivity contribution in [2.75, 3.05) is 13.1 Å². The molecule has 106 valence electrons. The standard InChI is InChI=1S/C10H13Cl2N3O3S/c11-7-4-8(14-9(7)12)10(16)15-3-1-2-6(5-15)19(13,17)18/h4,6,14H,1-3,5H2,(H2,13,17,18). The molecule has 0 saturated carbocycles. The summed E-state index contributed by atoms with van der Waals surface area (Å²) in [6, 6.07) is 1.42. The number of piperidine rings is 1. The summed E-state index contributed by atoms with van der Waals surface area (Å²) in [4.78, 5) is 16.3. The van der Waals surface area contributed by atoms with Crippen LogP contribution in [0.15, 0.2) is 6.07 Å². The molecule has 1 atom stereocenters. The first kappa shape index (κ1) is 14.6. The Labute approximate surface area is 120 Å². The minimum Gasteiger partial charge on any atom is -0.340 e. The highest BCUT2D eigenvalue weighted by Crippen LogP contribution is 2.24. The summed E-state index contributed by atoms with van der Waals surface area (Å²) < 4.78 is 22.7. The Bertz CT molecular complexity index is 580. The summed E-state index contributed by atoms with van der Waals surface area (Å²) in [5, 5.41) is 4.85. The lowest BCUT2D eigenvalue weighted by Gasteiger charge is -2.31. The van der Waals surface area contributed by atoms with Crippen LogP contribution in [0, 0.1) is 0 Å². The van der Waals surface area contributed by atoms with Gasteiger partial charge in [0.1, 0.15) is 10.8 Å². The molecule has 0 aliphatic carbocycles. The summed E-state index contributed by atoms with van der Waals surface area (Å²) >= 11 is 11.5. The van der Waals surface area contributed by atoms with Crippen molar-refractivity contribution in [3.63, 3.8) is 0 Å². The van der Waals surface area contributed by atoms with Gasteiger partial charge in [0.2, 0.25) is 10.0 Å². The highest BCUT2D eigenvalue weighted by Gasteiger charge is 2.31. The Morgan fingerprint density at radius 3 is 2.68 bits per heavy atom. The fraction of sp³-hybridized carbons (Fsp3) is 0.500. The van der Waals surface area contributed by atoms with Gasteiger partial charge in [0, 0.05) is 13.1 Å². The van der Waals surface area contributed by atoms with Gasteiger partial charge in [-0.3, -0.25) is 4.79 Å². The van der Waals surface area contributed by atoms with Crippen molar-refractivity contribution >= 4 is 39.1 Å². The van der Waals surface area contributed by atoms with Crippen LogP contribution in [0.25, 0.3) is 0 Å². The third-order valence-electron chi connectivity index (χ3n) is 3.09. The van der Waals surface area contributed by atoms with Gasteiger partial charge in [-0.25, -0.2) is 13.6 Å². The van der Waals surface area contributed by atoms with Gasteiger partial charge in [0.25, 0.3) is 5.91 Å². The monoisotopic (exact) mass is 325 g/mol. The van der Waals surface area contributed by atoms with Gasteiger partial charge in [-0.05, 0) is 18.9 Å². The Balaban J connectivity index is 2.15. The normalized spacial score (nSPS) is 20.6. The third-order valence-corrected chi connectivity index (χ3v) is 5.09. The number of nitrogens with one attached hydrogen (secondary N) is 1. The van der Waals surface area contributed by atoms with E-state index in [-0.39, 0.29) is 28.3 Å². The van der Waals surface area contributed by atoms with E-state index in [9.17, 15) is 13.2 Å². The van der Waals surface area contributed by atoms with Crippen LogP contribution in [0.1, 0.15) is 23.3 Å². The topological polar surface area (TPSA) is 96.3 Å². The number of sulfonamides is 1. The SMILES string of the molecule is NS(=O)(=O)C1CCCN(C(=O)c2cc(Cl)c(Cl)[nH]2)C1. The molecule has 0 bridgehead atoms. The molecule has 1 amide bonds. The molecule has 1 fully saturated rings. The van der Waals surface area contributed by atoms with Crippen molar-refractivity contribution in [2.45, 2.75) is 18.1 Å². The first-order valence-corrected chi connectivity index (χ1v) is 8.00. The second-order valence-electron chi connectivity index (χ2n) is 4.45. The van der Waals surface area contributed by atoms with Gasteiger partial charge in [-0.1, -0.05) is 23.2 Å². The molecule has 1 aliphatic rings. The number of likely N-dealkylation sites (tertiary alicyclic amines) is 1. The second kappa shape index (κ2) is 5.32. The molecule has 2 heterocycles. The number of aromatic amines is 1. The third kappa shape index (κ3) is 3.22. The van der Waals surface area contributed by atoms with Crippen LogP contribution in [0.3, 0.4) is 0 Å². The quantitative estimate of drug-likeness (QED) is 0.855. The molecule has 9 heteroatoms. The molecular weight excluding hydrogens is 313 g/mol. The van der Waals surface area contributed by atoms with Gasteiger partial charge < -0.3 is 9.88 Å². The number of rotatable bonds is 2. The largest absolute Gasteiger partial charge is 0.340 e. The predicted octanol–water partition coefficient (Wildman–Crippen LogP) is 1.21. The zero-order valence-electron chi connectivity index (χ0n) is 9.90. The van der Waals surface area contributed by atoms with Gasteiger partial charge in [0.05, 0.1) is 10.3 Å². The van der Waals surface area contributed by atoms with Crippen molar-refractivity contribution in [1.29, 1.82) is 0 Å². The van der Waals surface area contributed by atoms with Crippen LogP contribution in [0.2, 0.25) is 10.2 Å². The Kier molecular flexibility index (Phi) is 4.10. The number of hydrogen-bond donors (Lipinski definition) is 2. The van der Waals surface area contributed by atoms with E-state index < -0.39 is 15.3 Å². The van der Waals surface area contributed by atoms with E-state index >= 15 is 0 Å². The first-order valence-electron chi connectivity index (χ1n) is 5.64. The minimum absolute atomic E-state index is 0.0892. The number of halogens is 2. The fourth-order valence-corrected chi connectivity index (χ4v) is 3.28. The number of amides is 1. The van der Waals surface area contributed by atoms with Crippen LogP contribution in [0.4, 0.5) is 0 Å². The van der Waals surface area contributed by atoms with Crippen molar-refractivity contribution in [3.8, 4) is 0 Å². The van der Waals surface area contributed by atoms with Crippen molar-refractivity contribution in [2.24, 2.45) is 5.14 Å². The van der Waals surface area contributed by atoms with Crippen LogP contribution in [-0.4, -0.2) is 42.5 Å². The summed E-state index contributed by atoms with van der Waals surface area (Å²) in [5.41, 5.74) is 0.241. The number of nitrogens with two attached hydrogens (primary N) is 1. The van der Waals surface area contributed by atoms with E-state index in [0.29, 0.717) is 19.4 Å². The van der Waals surface area contributed by atoms with Crippen molar-refractivity contribution < 1.29 is 13.2 Å². The lowest BCUT2D eigenvalue weighted by Crippen LogP contribution is -2.47. The van der Waals surface area contributed by atoms with Gasteiger partial charge in [0.15, 0.2) is 0 Å². The van der Waals surface area contributed by atoms with E-state index in [0.717, 1.165) is 0 Å². The van der Waals surface area contributed by atoms with E-state index in [4.69, 9.17) is 28.3 Å². The number of hydrogen-bond acceptors (Lipinski definition) is 3. The molecule has 6 nitrogen and oxygen atoms in total. The first-order chi connectivity index (χ1) is 8.79. The number of H-pyrrole nitrogens is 1. The highest BCUT2D eigenvalue weighted by atomic mass is 35.5. The zero-order valence-corrected chi connectivity index (χ0v) is 12.2. The zero-order chi connectivity index (χ0) is 14.2. The Morgan fingerprint density at radius 2 is 2.16 bits per heavy atom. The number of nitrogens with zero attached hydrogens (tertiary/aromatic N) is 1. The molecular formula is C10H13Cl2N3O3S. The van der Waals surface area contributed by atoms with Crippen LogP contribution >= 0.6 is 23.2 Å². The maximum absolute atomic E-state index is 12.2. The highest BCUT2D eigenvalue weighted by molar-refractivity contribution is 7.89. The molecule has 3 N–H and O–H groups in total. The molecule has 1 aliphatic heterocycles. The van der Waals surface area contributed by atoms with E-state index in [1.165, 1.54) is 11.0 Å². The van der Waals surface area contributed by atoms with Crippen LogP contribution < -0.4 is 5.14 Å². The van der Waals surface area contributed by atoms with Gasteiger partial charge in [-0.2, -0.15) is 0 Å². The molecule has 1 saturated heterocycles. The molecule has 1 aromatic rings. The maximum atomic E-state index is 12.2. The number of primary sulfonamides is 1. The smallest absolute Gasteiger partial charge is 0.270 e. The van der Waals surface area contributed by atoms with Crippen molar-refractivity contribution in [3.05, 3.63) is 21.9 Å². The molecule has 1 aromatic heterocycles. The van der Waals surface area contributed by atoms with Crippen LogP contribution in [0.5, 0.6) is 0 Å². The van der Waals surface area contributed by atoms with Crippen LogP contribution in [-0.2, 0) is 10.0 Å². The maximum Gasteiger partial charge on any atom is 0.270 e. The van der Waals surface area contributed by atoms with Crippen molar-refractivity contribution in [1.82, 2.24) is 9.88 Å². The average molecular weight is 326 g/mol. The number of aromatic nitrogens is 1. The molecule has 2 rings (SSSR count). The van der Waals surface area contributed by atoms with Gasteiger partial charge in [-0.15, -0.1) is 0 Å². The Hall–Kier alpha value is -0.760.